The maximum Gasteiger partial charge on any atom is 0.0603 e. The van der Waals surface area contributed by atoms with Crippen molar-refractivity contribution in [3.8, 4) is 0 Å². The third kappa shape index (κ3) is 3.77. The maximum absolute atomic E-state index is 4.35. The average Bonchev–Trinajstić information content (AvgIpc) is 2.76. The Hall–Kier alpha value is -2.94. The average molecular weight is 355 g/mol. The number of aromatic nitrogens is 2. The van der Waals surface area contributed by atoms with Gasteiger partial charge in [-0.2, -0.15) is 0 Å². The van der Waals surface area contributed by atoms with Crippen molar-refractivity contribution in [3.63, 3.8) is 0 Å². The van der Waals surface area contributed by atoms with Crippen LogP contribution in [-0.4, -0.2) is 9.97 Å². The van der Waals surface area contributed by atoms with Crippen LogP contribution in [0.25, 0.3) is 5.57 Å². The maximum atomic E-state index is 4.35. The van der Waals surface area contributed by atoms with Gasteiger partial charge < -0.3 is 4.90 Å². The molecule has 1 aromatic carbocycles. The van der Waals surface area contributed by atoms with E-state index < -0.39 is 0 Å². The SMILES string of the molecule is CC(c1ccccc1C1=CCCCC1)N(c1cccnc1)c1cccnc1. The Morgan fingerprint density at radius 3 is 2.15 bits per heavy atom. The molecule has 0 aliphatic heterocycles. The molecular weight excluding hydrogens is 330 g/mol. The second-order valence-electron chi connectivity index (χ2n) is 7.03. The van der Waals surface area contributed by atoms with Crippen LogP contribution in [0.4, 0.5) is 11.4 Å². The minimum absolute atomic E-state index is 0.164. The van der Waals surface area contributed by atoms with Crippen LogP contribution in [0.15, 0.2) is 79.4 Å². The summed E-state index contributed by atoms with van der Waals surface area (Å²) in [7, 11) is 0. The van der Waals surface area contributed by atoms with Gasteiger partial charge in [0.1, 0.15) is 0 Å². The van der Waals surface area contributed by atoms with Crippen molar-refractivity contribution in [2.75, 3.05) is 4.90 Å². The van der Waals surface area contributed by atoms with Crippen LogP contribution in [0.3, 0.4) is 0 Å². The molecule has 2 heterocycles. The quantitative estimate of drug-likeness (QED) is 0.535. The zero-order valence-electron chi connectivity index (χ0n) is 15.8. The molecule has 27 heavy (non-hydrogen) atoms. The lowest BCUT2D eigenvalue weighted by Crippen LogP contribution is -2.22. The van der Waals surface area contributed by atoms with E-state index in [0.717, 1.165) is 11.4 Å². The van der Waals surface area contributed by atoms with Crippen LogP contribution in [0.1, 0.15) is 49.8 Å². The molecule has 0 fully saturated rings. The molecule has 1 aliphatic carbocycles. The zero-order chi connectivity index (χ0) is 18.5. The van der Waals surface area contributed by atoms with Gasteiger partial charge in [-0.05, 0) is 73.6 Å². The van der Waals surface area contributed by atoms with E-state index in [0.29, 0.717) is 0 Å². The third-order valence-corrected chi connectivity index (χ3v) is 5.28. The zero-order valence-corrected chi connectivity index (χ0v) is 15.8. The summed E-state index contributed by atoms with van der Waals surface area (Å²) in [6.45, 7) is 2.27. The number of rotatable bonds is 5. The molecule has 1 aliphatic rings. The van der Waals surface area contributed by atoms with Crippen molar-refractivity contribution in [3.05, 3.63) is 90.5 Å². The first-order chi connectivity index (χ1) is 13.3. The summed E-state index contributed by atoms with van der Waals surface area (Å²) in [6.07, 6.45) is 14.8. The number of pyridine rings is 2. The van der Waals surface area contributed by atoms with Gasteiger partial charge in [0.05, 0.1) is 29.8 Å². The van der Waals surface area contributed by atoms with Crippen LogP contribution in [0.2, 0.25) is 0 Å². The molecule has 4 rings (SSSR count). The van der Waals surface area contributed by atoms with Gasteiger partial charge in [-0.1, -0.05) is 30.3 Å². The van der Waals surface area contributed by atoms with E-state index in [4.69, 9.17) is 0 Å². The molecule has 3 nitrogen and oxygen atoms in total. The molecule has 3 aromatic rings. The lowest BCUT2D eigenvalue weighted by molar-refractivity contribution is 0.734. The fraction of sp³-hybridized carbons (Fsp3) is 0.250. The highest BCUT2D eigenvalue weighted by Crippen LogP contribution is 2.38. The Bertz CT molecular complexity index is 864. The first-order valence-electron chi connectivity index (χ1n) is 9.72. The molecule has 0 N–H and O–H groups in total. The number of anilines is 2. The van der Waals surface area contributed by atoms with Crippen LogP contribution < -0.4 is 4.90 Å². The van der Waals surface area contributed by atoms with Gasteiger partial charge in [-0.3, -0.25) is 9.97 Å². The van der Waals surface area contributed by atoms with Crippen molar-refractivity contribution in [2.24, 2.45) is 0 Å². The molecule has 2 aromatic heterocycles. The molecule has 1 atom stereocenters. The Kier molecular flexibility index (Phi) is 5.29. The first kappa shape index (κ1) is 17.5. The molecule has 1 unspecified atom stereocenters. The van der Waals surface area contributed by atoms with Gasteiger partial charge >= 0.3 is 0 Å². The van der Waals surface area contributed by atoms with Crippen molar-refractivity contribution in [1.82, 2.24) is 9.97 Å². The number of benzene rings is 1. The normalized spacial score (nSPS) is 15.1. The van der Waals surface area contributed by atoms with Gasteiger partial charge in [-0.25, -0.2) is 0 Å². The lowest BCUT2D eigenvalue weighted by atomic mass is 9.88. The van der Waals surface area contributed by atoms with Crippen molar-refractivity contribution in [1.29, 1.82) is 0 Å². The van der Waals surface area contributed by atoms with E-state index in [9.17, 15) is 0 Å². The Labute approximate surface area is 161 Å². The highest BCUT2D eigenvalue weighted by atomic mass is 15.2. The summed E-state index contributed by atoms with van der Waals surface area (Å²) >= 11 is 0. The van der Waals surface area contributed by atoms with Gasteiger partial charge in [0.2, 0.25) is 0 Å². The Morgan fingerprint density at radius 1 is 0.852 bits per heavy atom. The molecule has 0 spiro atoms. The van der Waals surface area contributed by atoms with Gasteiger partial charge in [0.15, 0.2) is 0 Å². The Morgan fingerprint density at radius 2 is 1.56 bits per heavy atom. The molecule has 0 amide bonds. The van der Waals surface area contributed by atoms with Crippen molar-refractivity contribution in [2.45, 2.75) is 38.6 Å². The summed E-state index contributed by atoms with van der Waals surface area (Å²) in [5.74, 6) is 0. The van der Waals surface area contributed by atoms with E-state index in [2.05, 4.69) is 64.3 Å². The molecular formula is C24H25N3. The van der Waals surface area contributed by atoms with Crippen LogP contribution in [0.5, 0.6) is 0 Å². The minimum Gasteiger partial charge on any atom is -0.332 e. The summed E-state index contributed by atoms with van der Waals surface area (Å²) in [5.41, 5.74) is 6.36. The third-order valence-electron chi connectivity index (χ3n) is 5.28. The van der Waals surface area contributed by atoms with E-state index in [1.54, 1.807) is 0 Å². The van der Waals surface area contributed by atoms with E-state index in [-0.39, 0.29) is 6.04 Å². The second kappa shape index (κ2) is 8.17. The molecule has 3 heteroatoms. The molecule has 0 saturated carbocycles. The second-order valence-corrected chi connectivity index (χ2v) is 7.03. The number of nitrogens with zero attached hydrogens (tertiary/aromatic N) is 3. The molecule has 136 valence electrons. The summed E-state index contributed by atoms with van der Waals surface area (Å²) in [6, 6.07) is 17.2. The van der Waals surface area contributed by atoms with Gasteiger partial charge in [-0.15, -0.1) is 0 Å². The van der Waals surface area contributed by atoms with Crippen molar-refractivity contribution < 1.29 is 0 Å². The summed E-state index contributed by atoms with van der Waals surface area (Å²) in [4.78, 5) is 11.0. The lowest BCUT2D eigenvalue weighted by Gasteiger charge is -2.33. The topological polar surface area (TPSA) is 29.0 Å². The highest BCUT2D eigenvalue weighted by Gasteiger charge is 2.22. The van der Waals surface area contributed by atoms with E-state index in [1.807, 2.05) is 36.9 Å². The minimum atomic E-state index is 0.164. The smallest absolute Gasteiger partial charge is 0.0603 e. The summed E-state index contributed by atoms with van der Waals surface area (Å²) < 4.78 is 0. The van der Waals surface area contributed by atoms with Crippen molar-refractivity contribution >= 4 is 16.9 Å². The molecule has 0 radical (unpaired) electrons. The van der Waals surface area contributed by atoms with Crippen LogP contribution >= 0.6 is 0 Å². The van der Waals surface area contributed by atoms with Gasteiger partial charge in [0.25, 0.3) is 0 Å². The first-order valence-corrected chi connectivity index (χ1v) is 9.72. The largest absolute Gasteiger partial charge is 0.332 e. The fourth-order valence-corrected chi connectivity index (χ4v) is 3.96. The monoisotopic (exact) mass is 355 g/mol. The predicted molar refractivity (Wildman–Crippen MR) is 112 cm³/mol. The van der Waals surface area contributed by atoms with Crippen LogP contribution in [-0.2, 0) is 0 Å². The fourth-order valence-electron chi connectivity index (χ4n) is 3.96. The standard InChI is InChI=1S/C24H25N3/c1-19(23-13-5-6-14-24(23)20-9-3-2-4-10-20)27(21-11-7-15-25-17-21)22-12-8-16-26-18-22/h5-9,11-19H,2-4,10H2,1H3. The number of hydrogen-bond donors (Lipinski definition) is 0. The molecule has 0 saturated heterocycles. The summed E-state index contributed by atoms with van der Waals surface area (Å²) in [5, 5.41) is 0. The molecule has 0 bridgehead atoms. The van der Waals surface area contributed by atoms with E-state index in [1.165, 1.54) is 42.4 Å². The highest BCUT2D eigenvalue weighted by molar-refractivity contribution is 5.71. The van der Waals surface area contributed by atoms with Gasteiger partial charge in [0, 0.05) is 12.4 Å². The number of allylic oxidation sites excluding steroid dienone is 2. The van der Waals surface area contributed by atoms with Crippen LogP contribution in [0, 0.1) is 0 Å². The Balaban J connectivity index is 1.79. The van der Waals surface area contributed by atoms with E-state index >= 15 is 0 Å². The number of hydrogen-bond acceptors (Lipinski definition) is 3. The predicted octanol–water partition coefficient (Wildman–Crippen LogP) is 6.33.